The smallest absolute Gasteiger partial charge is 0.426 e. The van der Waals surface area contributed by atoms with Gasteiger partial charge in [0.15, 0.2) is 0 Å². The average molecular weight is 356 g/mol. The summed E-state index contributed by atoms with van der Waals surface area (Å²) in [5.74, 6) is -0.248. The van der Waals surface area contributed by atoms with Gasteiger partial charge in [0.2, 0.25) is 0 Å². The molecule has 0 amide bonds. The van der Waals surface area contributed by atoms with Gasteiger partial charge in [-0.1, -0.05) is 19.4 Å². The van der Waals surface area contributed by atoms with Crippen LogP contribution in [0.4, 0.5) is 13.2 Å². The maximum atomic E-state index is 13.4. The number of ether oxygens (including phenoxy) is 1. The molecule has 1 N–H and O–H groups in total. The number of aromatic nitrogens is 1. The van der Waals surface area contributed by atoms with Gasteiger partial charge in [-0.05, 0) is 44.6 Å². The lowest BCUT2D eigenvalue weighted by molar-refractivity contribution is -0.141. The molecule has 0 bridgehead atoms. The Hall–Kier alpha value is -2.02. The summed E-state index contributed by atoms with van der Waals surface area (Å²) in [6.07, 6.45) is -2.52. The Bertz CT molecular complexity index is 736. The molecule has 0 aliphatic heterocycles. The summed E-state index contributed by atoms with van der Waals surface area (Å²) in [5.41, 5.74) is -0.321. The van der Waals surface area contributed by atoms with Crippen LogP contribution in [0.25, 0.3) is 10.9 Å². The van der Waals surface area contributed by atoms with Gasteiger partial charge in [-0.25, -0.2) is 0 Å². The molecule has 1 aromatic heterocycles. The quantitative estimate of drug-likeness (QED) is 0.591. The number of hydrogen-bond donors (Lipinski definition) is 1. The summed E-state index contributed by atoms with van der Waals surface area (Å²) >= 11 is 0. The molecule has 0 radical (unpaired) electrons. The third kappa shape index (κ3) is 4.75. The molecule has 2 rings (SSSR count). The summed E-state index contributed by atoms with van der Waals surface area (Å²) in [6.45, 7) is 2.41. The lowest BCUT2D eigenvalue weighted by Crippen LogP contribution is -2.17. The third-order valence-electron chi connectivity index (χ3n) is 3.94. The van der Waals surface area contributed by atoms with E-state index in [1.54, 1.807) is 32.3 Å². The van der Waals surface area contributed by atoms with E-state index >= 15 is 0 Å². The SMILES string of the molecule is CCCCC(=O)Oc1cccc2[nH]c(C(F)(F)F)c(CCN(C)C)c12. The van der Waals surface area contributed by atoms with Crippen molar-refractivity contribution in [1.29, 1.82) is 0 Å². The van der Waals surface area contributed by atoms with E-state index in [-0.39, 0.29) is 24.2 Å². The molecule has 0 fully saturated rings. The number of esters is 1. The molecular weight excluding hydrogens is 333 g/mol. The highest BCUT2D eigenvalue weighted by molar-refractivity contribution is 5.92. The van der Waals surface area contributed by atoms with Crippen LogP contribution in [0.2, 0.25) is 0 Å². The fourth-order valence-electron chi connectivity index (χ4n) is 2.69. The number of H-pyrrole nitrogens is 1. The van der Waals surface area contributed by atoms with Gasteiger partial charge in [-0.2, -0.15) is 13.2 Å². The number of rotatable bonds is 7. The molecule has 0 unspecified atom stereocenters. The van der Waals surface area contributed by atoms with Crippen molar-refractivity contribution in [3.8, 4) is 5.75 Å². The number of nitrogens with zero attached hydrogens (tertiary/aromatic N) is 1. The van der Waals surface area contributed by atoms with Gasteiger partial charge >= 0.3 is 12.1 Å². The standard InChI is InChI=1S/C18H23F3N2O2/c1-4-5-9-15(24)25-14-8-6-7-13-16(14)12(10-11-23(2)3)17(22-13)18(19,20)21/h6-8,22H,4-5,9-11H2,1-3H3. The van der Waals surface area contributed by atoms with Crippen LogP contribution in [0.3, 0.4) is 0 Å². The number of hydrogen-bond acceptors (Lipinski definition) is 3. The molecule has 7 heteroatoms. The first kappa shape index (κ1) is 19.3. The molecule has 0 spiro atoms. The topological polar surface area (TPSA) is 45.3 Å². The number of nitrogens with one attached hydrogen (secondary N) is 1. The molecule has 0 aliphatic rings. The fourth-order valence-corrected chi connectivity index (χ4v) is 2.69. The Morgan fingerprint density at radius 2 is 2.00 bits per heavy atom. The van der Waals surface area contributed by atoms with Gasteiger partial charge in [0.05, 0.1) is 0 Å². The number of fused-ring (bicyclic) bond motifs is 1. The summed E-state index contributed by atoms with van der Waals surface area (Å²) in [5, 5.41) is 0.335. The highest BCUT2D eigenvalue weighted by Gasteiger charge is 2.37. The molecule has 0 aliphatic carbocycles. The van der Waals surface area contributed by atoms with Crippen LogP contribution in [-0.4, -0.2) is 36.5 Å². The molecule has 4 nitrogen and oxygen atoms in total. The van der Waals surface area contributed by atoms with E-state index in [1.807, 2.05) is 11.8 Å². The highest BCUT2D eigenvalue weighted by atomic mass is 19.4. The second kappa shape index (κ2) is 7.91. The summed E-state index contributed by atoms with van der Waals surface area (Å²) in [7, 11) is 3.60. The van der Waals surface area contributed by atoms with Gasteiger partial charge in [-0.3, -0.25) is 4.79 Å². The lowest BCUT2D eigenvalue weighted by atomic mass is 10.1. The number of aromatic amines is 1. The van der Waals surface area contributed by atoms with Crippen molar-refractivity contribution in [3.63, 3.8) is 0 Å². The number of halogens is 3. The monoisotopic (exact) mass is 356 g/mol. The van der Waals surface area contributed by atoms with E-state index in [1.165, 1.54) is 0 Å². The Morgan fingerprint density at radius 1 is 1.28 bits per heavy atom. The minimum atomic E-state index is -4.50. The van der Waals surface area contributed by atoms with Crippen molar-refractivity contribution in [1.82, 2.24) is 9.88 Å². The zero-order valence-electron chi connectivity index (χ0n) is 14.7. The van der Waals surface area contributed by atoms with Crippen LogP contribution in [0, 0.1) is 0 Å². The van der Waals surface area contributed by atoms with Crippen molar-refractivity contribution in [2.45, 2.75) is 38.8 Å². The number of likely N-dealkylation sites (N-methyl/N-ethyl adjacent to an activating group) is 1. The Labute approximate surface area is 145 Å². The zero-order valence-corrected chi connectivity index (χ0v) is 14.7. The predicted molar refractivity (Wildman–Crippen MR) is 90.7 cm³/mol. The van der Waals surface area contributed by atoms with E-state index < -0.39 is 17.8 Å². The molecule has 0 saturated heterocycles. The first-order valence-electron chi connectivity index (χ1n) is 8.30. The molecular formula is C18H23F3N2O2. The van der Waals surface area contributed by atoms with Gasteiger partial charge in [0.25, 0.3) is 0 Å². The molecule has 25 heavy (non-hydrogen) atoms. The van der Waals surface area contributed by atoms with Crippen molar-refractivity contribution in [3.05, 3.63) is 29.5 Å². The lowest BCUT2D eigenvalue weighted by Gasteiger charge is -2.13. The first-order valence-corrected chi connectivity index (χ1v) is 8.30. The van der Waals surface area contributed by atoms with E-state index in [0.29, 0.717) is 23.9 Å². The van der Waals surface area contributed by atoms with E-state index in [0.717, 1.165) is 6.42 Å². The number of benzene rings is 1. The van der Waals surface area contributed by atoms with Crippen LogP contribution in [0.1, 0.15) is 37.4 Å². The van der Waals surface area contributed by atoms with Crippen LogP contribution >= 0.6 is 0 Å². The van der Waals surface area contributed by atoms with Gasteiger partial charge in [0.1, 0.15) is 11.4 Å². The molecule has 0 atom stereocenters. The minimum Gasteiger partial charge on any atom is -0.426 e. The largest absolute Gasteiger partial charge is 0.431 e. The maximum absolute atomic E-state index is 13.4. The zero-order chi connectivity index (χ0) is 18.6. The van der Waals surface area contributed by atoms with Crippen LogP contribution in [0.15, 0.2) is 18.2 Å². The Kier molecular flexibility index (Phi) is 6.11. The average Bonchev–Trinajstić information content (AvgIpc) is 2.91. The number of carbonyl (C=O) groups is 1. The predicted octanol–water partition coefficient (Wildman–Crippen LogP) is 4.39. The van der Waals surface area contributed by atoms with Crippen LogP contribution < -0.4 is 4.74 Å². The van der Waals surface area contributed by atoms with E-state index in [4.69, 9.17) is 4.74 Å². The van der Waals surface area contributed by atoms with E-state index in [2.05, 4.69) is 4.98 Å². The first-order chi connectivity index (χ1) is 11.7. The second-order valence-electron chi connectivity index (χ2n) is 6.29. The van der Waals surface area contributed by atoms with Crippen LogP contribution in [-0.2, 0) is 17.4 Å². The van der Waals surface area contributed by atoms with Gasteiger partial charge < -0.3 is 14.6 Å². The van der Waals surface area contributed by atoms with Crippen molar-refractivity contribution in [2.75, 3.05) is 20.6 Å². The molecule has 0 saturated carbocycles. The fraction of sp³-hybridized carbons (Fsp3) is 0.500. The molecule has 1 aromatic carbocycles. The van der Waals surface area contributed by atoms with Crippen molar-refractivity contribution >= 4 is 16.9 Å². The van der Waals surface area contributed by atoms with E-state index in [9.17, 15) is 18.0 Å². The normalized spacial score (nSPS) is 12.1. The number of carbonyl (C=O) groups excluding carboxylic acids is 1. The second-order valence-corrected chi connectivity index (χ2v) is 6.29. The molecule has 138 valence electrons. The number of alkyl halides is 3. The molecule has 2 aromatic rings. The van der Waals surface area contributed by atoms with Crippen LogP contribution in [0.5, 0.6) is 5.75 Å². The van der Waals surface area contributed by atoms with Crippen molar-refractivity contribution < 1.29 is 22.7 Å². The summed E-state index contributed by atoms with van der Waals surface area (Å²) in [6, 6.07) is 4.68. The van der Waals surface area contributed by atoms with Gasteiger partial charge in [-0.15, -0.1) is 0 Å². The van der Waals surface area contributed by atoms with Crippen molar-refractivity contribution in [2.24, 2.45) is 0 Å². The highest BCUT2D eigenvalue weighted by Crippen LogP contribution is 2.39. The maximum Gasteiger partial charge on any atom is 0.431 e. The Balaban J connectivity index is 2.48. The third-order valence-corrected chi connectivity index (χ3v) is 3.94. The molecule has 1 heterocycles. The van der Waals surface area contributed by atoms with Gasteiger partial charge in [0, 0.05) is 23.9 Å². The Morgan fingerprint density at radius 3 is 2.60 bits per heavy atom. The summed E-state index contributed by atoms with van der Waals surface area (Å²) < 4.78 is 45.6. The minimum absolute atomic E-state index is 0.134. The summed E-state index contributed by atoms with van der Waals surface area (Å²) in [4.78, 5) is 16.2. The number of unbranched alkanes of at least 4 members (excludes halogenated alkanes) is 1.